The Morgan fingerprint density at radius 2 is 2.27 bits per heavy atom. The van der Waals surface area contributed by atoms with Crippen molar-refractivity contribution >= 4 is 17.5 Å². The number of anilines is 1. The monoisotopic (exact) mass is 301 g/mol. The van der Waals surface area contributed by atoms with Gasteiger partial charge >= 0.3 is 0 Å². The highest BCUT2D eigenvalue weighted by Crippen LogP contribution is 2.24. The molecular formula is C17H23N3O2. The highest BCUT2D eigenvalue weighted by atomic mass is 16.2. The lowest BCUT2D eigenvalue weighted by molar-refractivity contribution is -0.131. The number of carbonyl (C=O) groups excluding carboxylic acids is 2. The summed E-state index contributed by atoms with van der Waals surface area (Å²) in [6.45, 7) is 1.91. The maximum Gasteiger partial charge on any atom is 0.228 e. The fourth-order valence-electron chi connectivity index (χ4n) is 3.23. The van der Waals surface area contributed by atoms with Gasteiger partial charge in [0.15, 0.2) is 0 Å². The number of fused-ring (bicyclic) bond motifs is 1. The second-order valence-corrected chi connectivity index (χ2v) is 6.22. The van der Waals surface area contributed by atoms with E-state index in [4.69, 9.17) is 0 Å². The van der Waals surface area contributed by atoms with Gasteiger partial charge in [-0.3, -0.25) is 9.59 Å². The Morgan fingerprint density at radius 1 is 1.41 bits per heavy atom. The van der Waals surface area contributed by atoms with Crippen LogP contribution in [0.25, 0.3) is 0 Å². The fourth-order valence-corrected chi connectivity index (χ4v) is 3.23. The Morgan fingerprint density at radius 3 is 3.05 bits per heavy atom. The minimum absolute atomic E-state index is 0.0640. The van der Waals surface area contributed by atoms with Gasteiger partial charge in [0.2, 0.25) is 11.8 Å². The zero-order chi connectivity index (χ0) is 15.5. The summed E-state index contributed by atoms with van der Waals surface area (Å²) >= 11 is 0. The summed E-state index contributed by atoms with van der Waals surface area (Å²) in [5.74, 6) is 0.292. The summed E-state index contributed by atoms with van der Waals surface area (Å²) in [7, 11) is 1.91. The quantitative estimate of drug-likeness (QED) is 0.862. The molecule has 2 aliphatic rings. The molecule has 0 saturated carbocycles. The Labute approximate surface area is 131 Å². The third-order valence-corrected chi connectivity index (χ3v) is 4.63. The molecule has 0 aliphatic carbocycles. The predicted molar refractivity (Wildman–Crippen MR) is 85.8 cm³/mol. The lowest BCUT2D eigenvalue weighted by Gasteiger charge is -2.23. The molecule has 1 atom stereocenters. The Hall–Kier alpha value is -1.88. The van der Waals surface area contributed by atoms with E-state index in [0.717, 1.165) is 43.6 Å². The number of benzene rings is 1. The topological polar surface area (TPSA) is 61.4 Å². The molecule has 0 spiro atoms. The van der Waals surface area contributed by atoms with Crippen LogP contribution in [0.15, 0.2) is 18.2 Å². The molecule has 1 aromatic carbocycles. The maximum atomic E-state index is 12.2. The summed E-state index contributed by atoms with van der Waals surface area (Å²) in [6, 6.07) is 6.44. The first-order valence-corrected chi connectivity index (χ1v) is 8.01. The van der Waals surface area contributed by atoms with Gasteiger partial charge in [-0.15, -0.1) is 0 Å². The van der Waals surface area contributed by atoms with Crippen molar-refractivity contribution in [2.45, 2.75) is 38.1 Å². The van der Waals surface area contributed by atoms with Gasteiger partial charge in [0.05, 0.1) is 6.42 Å². The highest BCUT2D eigenvalue weighted by Gasteiger charge is 2.22. The van der Waals surface area contributed by atoms with Crippen molar-refractivity contribution in [1.82, 2.24) is 10.2 Å². The second-order valence-electron chi connectivity index (χ2n) is 6.22. The molecule has 5 nitrogen and oxygen atoms in total. The van der Waals surface area contributed by atoms with Gasteiger partial charge in [0.1, 0.15) is 0 Å². The molecule has 22 heavy (non-hydrogen) atoms. The van der Waals surface area contributed by atoms with Gasteiger partial charge in [-0.25, -0.2) is 0 Å². The summed E-state index contributed by atoms with van der Waals surface area (Å²) in [5, 5.41) is 6.13. The summed E-state index contributed by atoms with van der Waals surface area (Å²) in [5.41, 5.74) is 3.20. The second kappa shape index (κ2) is 6.48. The van der Waals surface area contributed by atoms with Crippen LogP contribution in [-0.2, 0) is 22.4 Å². The number of carbonyl (C=O) groups is 2. The number of nitrogens with one attached hydrogen (secondary N) is 2. The largest absolute Gasteiger partial charge is 0.341 e. The average molecular weight is 301 g/mol. The van der Waals surface area contributed by atoms with Crippen LogP contribution >= 0.6 is 0 Å². The highest BCUT2D eigenvalue weighted by molar-refractivity contribution is 5.99. The smallest absolute Gasteiger partial charge is 0.228 e. The van der Waals surface area contributed by atoms with E-state index >= 15 is 0 Å². The molecule has 0 aromatic heterocycles. The van der Waals surface area contributed by atoms with Crippen molar-refractivity contribution < 1.29 is 9.59 Å². The van der Waals surface area contributed by atoms with E-state index in [1.165, 1.54) is 5.56 Å². The molecule has 2 heterocycles. The Balaban J connectivity index is 1.48. The molecule has 0 radical (unpaired) electrons. The van der Waals surface area contributed by atoms with Crippen LogP contribution < -0.4 is 10.6 Å². The lowest BCUT2D eigenvalue weighted by Crippen LogP contribution is -2.38. The first-order chi connectivity index (χ1) is 10.6. The number of hydrogen-bond acceptors (Lipinski definition) is 3. The van der Waals surface area contributed by atoms with Gasteiger partial charge in [-0.1, -0.05) is 12.1 Å². The van der Waals surface area contributed by atoms with Crippen LogP contribution in [0.2, 0.25) is 0 Å². The van der Waals surface area contributed by atoms with Crippen LogP contribution in [0.1, 0.15) is 30.4 Å². The molecule has 2 amide bonds. The van der Waals surface area contributed by atoms with E-state index < -0.39 is 0 Å². The van der Waals surface area contributed by atoms with E-state index in [1.807, 2.05) is 24.1 Å². The SMILES string of the molecule is CN(C(=O)CCCc1ccc2c(c1)CC(=O)N2)C1CCNC1. The van der Waals surface area contributed by atoms with Gasteiger partial charge in [0, 0.05) is 31.7 Å². The van der Waals surface area contributed by atoms with Crippen molar-refractivity contribution in [2.24, 2.45) is 0 Å². The first-order valence-electron chi connectivity index (χ1n) is 8.01. The number of amides is 2. The third kappa shape index (κ3) is 3.30. The fraction of sp³-hybridized carbons (Fsp3) is 0.529. The molecule has 1 unspecified atom stereocenters. The number of nitrogens with zero attached hydrogens (tertiary/aromatic N) is 1. The Bertz CT molecular complexity index is 579. The standard InChI is InChI=1S/C17H23N3O2/c1-20(14-7-8-18-11-14)17(22)4-2-3-12-5-6-15-13(9-12)10-16(21)19-15/h5-6,9,14,18H,2-4,7-8,10-11H2,1H3,(H,19,21). The molecule has 0 bridgehead atoms. The normalized spacial score (nSPS) is 19.9. The van der Waals surface area contributed by atoms with Crippen molar-refractivity contribution in [3.63, 3.8) is 0 Å². The van der Waals surface area contributed by atoms with Crippen LogP contribution in [0.5, 0.6) is 0 Å². The van der Waals surface area contributed by atoms with Crippen LogP contribution in [0.3, 0.4) is 0 Å². The van der Waals surface area contributed by atoms with Crippen LogP contribution in [0.4, 0.5) is 5.69 Å². The van der Waals surface area contributed by atoms with E-state index in [1.54, 1.807) is 0 Å². The minimum atomic E-state index is 0.0640. The Kier molecular flexibility index (Phi) is 4.43. The molecule has 5 heteroatoms. The molecule has 1 fully saturated rings. The van der Waals surface area contributed by atoms with Crippen molar-refractivity contribution in [3.8, 4) is 0 Å². The zero-order valence-electron chi connectivity index (χ0n) is 13.0. The molecule has 1 aromatic rings. The average Bonchev–Trinajstić information content (AvgIpc) is 3.14. The lowest BCUT2D eigenvalue weighted by atomic mass is 10.0. The summed E-state index contributed by atoms with van der Waals surface area (Å²) < 4.78 is 0. The maximum absolute atomic E-state index is 12.2. The summed E-state index contributed by atoms with van der Waals surface area (Å²) in [6.07, 6.45) is 3.84. The van der Waals surface area contributed by atoms with Crippen LogP contribution in [0, 0.1) is 0 Å². The first kappa shape index (κ1) is 15.0. The molecule has 2 aliphatic heterocycles. The predicted octanol–water partition coefficient (Wildman–Crippen LogP) is 1.32. The van der Waals surface area contributed by atoms with E-state index in [0.29, 0.717) is 18.9 Å². The summed E-state index contributed by atoms with van der Waals surface area (Å²) in [4.78, 5) is 25.4. The number of rotatable bonds is 5. The number of aryl methyl sites for hydroxylation is 1. The van der Waals surface area contributed by atoms with Gasteiger partial charge in [-0.2, -0.15) is 0 Å². The van der Waals surface area contributed by atoms with Gasteiger partial charge in [-0.05, 0) is 43.0 Å². The van der Waals surface area contributed by atoms with Gasteiger partial charge < -0.3 is 15.5 Å². The van der Waals surface area contributed by atoms with E-state index in [-0.39, 0.29) is 11.8 Å². The van der Waals surface area contributed by atoms with Crippen LogP contribution in [-0.4, -0.2) is 42.9 Å². The molecule has 1 saturated heterocycles. The molecule has 118 valence electrons. The number of hydrogen-bond donors (Lipinski definition) is 2. The van der Waals surface area contributed by atoms with Crippen molar-refractivity contribution in [1.29, 1.82) is 0 Å². The van der Waals surface area contributed by atoms with E-state index in [2.05, 4.69) is 16.7 Å². The zero-order valence-corrected chi connectivity index (χ0v) is 13.0. The van der Waals surface area contributed by atoms with Crippen molar-refractivity contribution in [2.75, 3.05) is 25.5 Å². The van der Waals surface area contributed by atoms with E-state index in [9.17, 15) is 9.59 Å². The molecular weight excluding hydrogens is 278 g/mol. The van der Waals surface area contributed by atoms with Gasteiger partial charge in [0.25, 0.3) is 0 Å². The minimum Gasteiger partial charge on any atom is -0.341 e. The third-order valence-electron chi connectivity index (χ3n) is 4.63. The number of likely N-dealkylation sites (N-methyl/N-ethyl adjacent to an activating group) is 1. The molecule has 3 rings (SSSR count). The molecule has 2 N–H and O–H groups in total. The van der Waals surface area contributed by atoms with Crippen molar-refractivity contribution in [3.05, 3.63) is 29.3 Å².